The van der Waals surface area contributed by atoms with Gasteiger partial charge in [0.25, 0.3) is 0 Å². The van der Waals surface area contributed by atoms with E-state index in [0.717, 1.165) is 18.4 Å². The lowest BCUT2D eigenvalue weighted by Crippen LogP contribution is -2.25. The van der Waals surface area contributed by atoms with Crippen LogP contribution in [0.5, 0.6) is 0 Å². The zero-order valence-corrected chi connectivity index (χ0v) is 15.7. The molecule has 0 saturated heterocycles. The third-order valence-corrected chi connectivity index (χ3v) is 6.65. The number of hydrogen-bond donors (Lipinski definition) is 1. The topological polar surface area (TPSA) is 59.1 Å². The molecule has 5 heteroatoms. The fourth-order valence-electron chi connectivity index (χ4n) is 3.53. The number of pyridine rings is 1. The monoisotopic (exact) mass is 358 g/mol. The minimum atomic E-state index is -3.49. The Morgan fingerprint density at radius 2 is 1.80 bits per heavy atom. The van der Waals surface area contributed by atoms with Gasteiger partial charge in [-0.2, -0.15) is 0 Å². The molecule has 0 spiro atoms. The van der Waals surface area contributed by atoms with Crippen molar-refractivity contribution < 1.29 is 8.42 Å². The van der Waals surface area contributed by atoms with E-state index in [1.807, 2.05) is 18.3 Å². The summed E-state index contributed by atoms with van der Waals surface area (Å²) in [6.45, 7) is 4.94. The normalized spacial score (nSPS) is 18.2. The Bertz CT molecular complexity index is 807. The van der Waals surface area contributed by atoms with Crippen molar-refractivity contribution in [1.82, 2.24) is 9.71 Å². The van der Waals surface area contributed by atoms with Crippen molar-refractivity contribution >= 4 is 10.0 Å². The highest BCUT2D eigenvalue weighted by Gasteiger charge is 2.28. The van der Waals surface area contributed by atoms with E-state index in [-0.39, 0.29) is 0 Å². The van der Waals surface area contributed by atoms with Crippen LogP contribution in [-0.2, 0) is 16.6 Å². The Morgan fingerprint density at radius 3 is 2.48 bits per heavy atom. The smallest absolute Gasteiger partial charge is 0.240 e. The van der Waals surface area contributed by atoms with Gasteiger partial charge in [-0.15, -0.1) is 0 Å². The Balaban J connectivity index is 1.74. The summed E-state index contributed by atoms with van der Waals surface area (Å²) in [5.74, 6) is 0.470. The van der Waals surface area contributed by atoms with Gasteiger partial charge in [0.05, 0.1) is 4.90 Å². The third-order valence-electron chi connectivity index (χ3n) is 5.23. The molecule has 0 atom stereocenters. The molecule has 0 radical (unpaired) electrons. The molecule has 1 fully saturated rings. The summed E-state index contributed by atoms with van der Waals surface area (Å²) in [6, 6.07) is 10.4. The molecular weight excluding hydrogens is 332 g/mol. The van der Waals surface area contributed by atoms with Gasteiger partial charge >= 0.3 is 0 Å². The summed E-state index contributed by atoms with van der Waals surface area (Å²) >= 11 is 0. The first kappa shape index (κ1) is 18.1. The van der Waals surface area contributed by atoms with Crippen LogP contribution in [0.25, 0.3) is 0 Å². The predicted molar refractivity (Wildman–Crippen MR) is 99.7 cm³/mol. The van der Waals surface area contributed by atoms with Gasteiger partial charge in [0.15, 0.2) is 0 Å². The first-order valence-corrected chi connectivity index (χ1v) is 10.3. The Labute approximate surface area is 150 Å². The van der Waals surface area contributed by atoms with Crippen molar-refractivity contribution in [2.45, 2.75) is 56.9 Å². The summed E-state index contributed by atoms with van der Waals surface area (Å²) in [6.07, 6.45) is 8.31. The van der Waals surface area contributed by atoms with Crippen molar-refractivity contribution in [3.05, 3.63) is 59.9 Å². The molecule has 4 nitrogen and oxygen atoms in total. The highest BCUT2D eigenvalue weighted by atomic mass is 32.2. The molecule has 134 valence electrons. The second-order valence-corrected chi connectivity index (χ2v) is 9.42. The second kappa shape index (κ2) is 7.26. The van der Waals surface area contributed by atoms with Crippen molar-refractivity contribution in [2.75, 3.05) is 0 Å². The number of rotatable bonds is 5. The largest absolute Gasteiger partial charge is 0.264 e. The number of benzene rings is 1. The Morgan fingerprint density at radius 1 is 1.12 bits per heavy atom. The van der Waals surface area contributed by atoms with E-state index in [0.29, 0.717) is 22.8 Å². The summed E-state index contributed by atoms with van der Waals surface area (Å²) in [7, 11) is -3.49. The van der Waals surface area contributed by atoms with Gasteiger partial charge in [0.2, 0.25) is 10.0 Å². The molecule has 1 aliphatic rings. The van der Waals surface area contributed by atoms with E-state index in [1.165, 1.54) is 18.4 Å². The minimum absolute atomic E-state index is 0.296. The quantitative estimate of drug-likeness (QED) is 0.869. The minimum Gasteiger partial charge on any atom is -0.264 e. The molecule has 1 aromatic carbocycles. The van der Waals surface area contributed by atoms with Gasteiger partial charge in [-0.1, -0.05) is 32.0 Å². The van der Waals surface area contributed by atoms with Crippen LogP contribution in [0.2, 0.25) is 0 Å². The summed E-state index contributed by atoms with van der Waals surface area (Å²) in [4.78, 5) is 4.58. The van der Waals surface area contributed by atoms with Gasteiger partial charge < -0.3 is 0 Å². The molecule has 1 aromatic heterocycles. The molecule has 1 N–H and O–H groups in total. The standard InChI is InChI=1S/C20H26N2O2S/c1-20(2)11-8-16(9-12-20)19-15-21-13-10-17(19)14-22-25(23,24)18-6-4-3-5-7-18/h3-7,10,13,15-16,22H,8-9,11-12,14H2,1-2H3. The van der Waals surface area contributed by atoms with Crippen molar-refractivity contribution in [3.8, 4) is 0 Å². The lowest BCUT2D eigenvalue weighted by molar-refractivity contribution is 0.224. The highest BCUT2D eigenvalue weighted by Crippen LogP contribution is 2.42. The highest BCUT2D eigenvalue weighted by molar-refractivity contribution is 7.89. The van der Waals surface area contributed by atoms with Gasteiger partial charge in [0.1, 0.15) is 0 Å². The maximum atomic E-state index is 12.5. The molecule has 1 aliphatic carbocycles. The van der Waals surface area contributed by atoms with Crippen molar-refractivity contribution in [2.24, 2.45) is 5.41 Å². The maximum absolute atomic E-state index is 12.5. The van der Waals surface area contributed by atoms with Crippen LogP contribution in [0, 0.1) is 5.41 Å². The van der Waals surface area contributed by atoms with Crippen LogP contribution < -0.4 is 4.72 Å². The molecule has 0 bridgehead atoms. The van der Waals surface area contributed by atoms with Gasteiger partial charge in [-0.25, -0.2) is 13.1 Å². The maximum Gasteiger partial charge on any atom is 0.240 e. The molecule has 0 amide bonds. The lowest BCUT2D eigenvalue weighted by atomic mass is 9.71. The summed E-state index contributed by atoms with van der Waals surface area (Å²) in [5.41, 5.74) is 2.63. The molecule has 1 saturated carbocycles. The first-order chi connectivity index (χ1) is 11.9. The predicted octanol–water partition coefficient (Wildman–Crippen LogP) is 4.24. The summed E-state index contributed by atoms with van der Waals surface area (Å²) in [5, 5.41) is 0. The molecule has 25 heavy (non-hydrogen) atoms. The van der Waals surface area contributed by atoms with E-state index in [4.69, 9.17) is 0 Å². The van der Waals surface area contributed by atoms with Gasteiger partial charge in [-0.05, 0) is 66.3 Å². The first-order valence-electron chi connectivity index (χ1n) is 8.85. The molecular formula is C20H26N2O2S. The Kier molecular flexibility index (Phi) is 5.25. The van der Waals surface area contributed by atoms with E-state index < -0.39 is 10.0 Å². The zero-order valence-electron chi connectivity index (χ0n) is 14.9. The van der Waals surface area contributed by atoms with Gasteiger partial charge in [0, 0.05) is 18.9 Å². The lowest BCUT2D eigenvalue weighted by Gasteiger charge is -2.35. The van der Waals surface area contributed by atoms with E-state index in [2.05, 4.69) is 23.6 Å². The summed E-state index contributed by atoms with van der Waals surface area (Å²) < 4.78 is 27.6. The van der Waals surface area contributed by atoms with E-state index in [1.54, 1.807) is 30.5 Å². The van der Waals surface area contributed by atoms with Crippen molar-refractivity contribution in [3.63, 3.8) is 0 Å². The Hall–Kier alpha value is -1.72. The van der Waals surface area contributed by atoms with Crippen LogP contribution >= 0.6 is 0 Å². The number of sulfonamides is 1. The fourth-order valence-corrected chi connectivity index (χ4v) is 4.56. The molecule has 0 aliphatic heterocycles. The molecule has 2 aromatic rings. The molecule has 3 rings (SSSR count). The van der Waals surface area contributed by atoms with Crippen molar-refractivity contribution in [1.29, 1.82) is 0 Å². The number of nitrogens with zero attached hydrogens (tertiary/aromatic N) is 1. The van der Waals surface area contributed by atoms with Gasteiger partial charge in [-0.3, -0.25) is 4.98 Å². The average Bonchev–Trinajstić information content (AvgIpc) is 2.61. The zero-order chi connectivity index (χ0) is 17.9. The number of hydrogen-bond acceptors (Lipinski definition) is 3. The molecule has 1 heterocycles. The van der Waals surface area contributed by atoms with Crippen LogP contribution in [0.1, 0.15) is 56.6 Å². The van der Waals surface area contributed by atoms with Crippen LogP contribution in [0.4, 0.5) is 0 Å². The molecule has 0 unspecified atom stereocenters. The number of aromatic nitrogens is 1. The van der Waals surface area contributed by atoms with Crippen LogP contribution in [-0.4, -0.2) is 13.4 Å². The second-order valence-electron chi connectivity index (χ2n) is 7.65. The SMILES string of the molecule is CC1(C)CCC(c2cnccc2CNS(=O)(=O)c2ccccc2)CC1. The van der Waals surface area contributed by atoms with E-state index >= 15 is 0 Å². The van der Waals surface area contributed by atoms with Crippen LogP contribution in [0.3, 0.4) is 0 Å². The average molecular weight is 359 g/mol. The fraction of sp³-hybridized carbons (Fsp3) is 0.450. The van der Waals surface area contributed by atoms with Crippen LogP contribution in [0.15, 0.2) is 53.7 Å². The number of nitrogens with one attached hydrogen (secondary N) is 1. The third kappa shape index (κ3) is 4.47. The van der Waals surface area contributed by atoms with E-state index in [9.17, 15) is 8.42 Å².